The number of amides is 1. The molecule has 2 atom stereocenters. The molecule has 15 heteroatoms. The molecule has 4 rings (SSSR count). The van der Waals surface area contributed by atoms with Crippen molar-refractivity contribution >= 4 is 11.9 Å². The molecule has 0 saturated carbocycles. The molecule has 1 aliphatic rings. The largest absolute Gasteiger partial charge is 0.481 e. The second-order valence-corrected chi connectivity index (χ2v) is 13.5. The normalized spacial score (nSPS) is 15.1. The second-order valence-electron chi connectivity index (χ2n) is 13.5. The molecule has 0 radical (unpaired) electrons. The van der Waals surface area contributed by atoms with E-state index in [0.717, 1.165) is 17.2 Å². The number of nitrogens with one attached hydrogen (secondary N) is 1. The summed E-state index contributed by atoms with van der Waals surface area (Å²) in [7, 11) is 0. The number of pyridine rings is 1. The van der Waals surface area contributed by atoms with Crippen LogP contribution in [0, 0.1) is 38.3 Å². The van der Waals surface area contributed by atoms with Crippen molar-refractivity contribution in [2.75, 3.05) is 19.6 Å². The minimum atomic E-state index is -5.37. The summed E-state index contributed by atoms with van der Waals surface area (Å²) in [5, 5.41) is 11.9. The number of aromatic nitrogens is 1. The lowest BCUT2D eigenvalue weighted by Crippen LogP contribution is -2.41. The van der Waals surface area contributed by atoms with Gasteiger partial charge < -0.3 is 19.9 Å². The average Bonchev–Trinajstić information content (AvgIpc) is 2.94. The summed E-state index contributed by atoms with van der Waals surface area (Å²) in [4.78, 5) is 41.0. The number of hydrogen-bond donors (Lipinski definition) is 2. The summed E-state index contributed by atoms with van der Waals surface area (Å²) in [6.07, 6.45) is -10.1. The molecule has 0 bridgehead atoms. The Hall–Kier alpha value is -4.27. The van der Waals surface area contributed by atoms with E-state index in [1.165, 1.54) is 13.8 Å². The zero-order valence-electron chi connectivity index (χ0n) is 28.7. The topological polar surface area (TPSA) is 91.6 Å². The average molecular weight is 730 g/mol. The third kappa shape index (κ3) is 8.97. The van der Waals surface area contributed by atoms with E-state index in [0.29, 0.717) is 41.9 Å². The molecule has 1 aliphatic heterocycles. The lowest BCUT2D eigenvalue weighted by molar-refractivity contribution is -0.140. The number of hydrogen-bond acceptors (Lipinski definition) is 4. The van der Waals surface area contributed by atoms with E-state index in [1.807, 2.05) is 4.90 Å². The maximum absolute atomic E-state index is 16.5. The first kappa shape index (κ1) is 39.5. The monoisotopic (exact) mass is 729 g/mol. The van der Waals surface area contributed by atoms with Crippen molar-refractivity contribution in [3.05, 3.63) is 91.4 Å². The van der Waals surface area contributed by atoms with Crippen LogP contribution in [0.5, 0.6) is 0 Å². The van der Waals surface area contributed by atoms with E-state index in [4.69, 9.17) is 0 Å². The second kappa shape index (κ2) is 15.1. The summed E-state index contributed by atoms with van der Waals surface area (Å²) < 4.78 is 118. The molecule has 2 N–H and O–H groups in total. The third-order valence-corrected chi connectivity index (χ3v) is 8.98. The van der Waals surface area contributed by atoms with Crippen molar-refractivity contribution in [1.29, 1.82) is 0 Å². The lowest BCUT2D eigenvalue weighted by Gasteiger charge is -2.31. The van der Waals surface area contributed by atoms with Crippen LogP contribution in [-0.2, 0) is 28.4 Å². The molecular formula is C36H39F8N3O4. The Morgan fingerprint density at radius 1 is 0.902 bits per heavy atom. The minimum absolute atomic E-state index is 0.00463. The number of carboxylic acids is 1. The fourth-order valence-electron chi connectivity index (χ4n) is 6.60. The summed E-state index contributed by atoms with van der Waals surface area (Å²) in [6.45, 7) is 9.57. The molecule has 278 valence electrons. The number of carboxylic acid groups (broad SMARTS) is 1. The van der Waals surface area contributed by atoms with Crippen molar-refractivity contribution in [2.45, 2.75) is 84.7 Å². The fourth-order valence-corrected chi connectivity index (χ4v) is 6.60. The maximum atomic E-state index is 16.5. The van der Waals surface area contributed by atoms with Crippen LogP contribution in [0.15, 0.2) is 35.3 Å². The van der Waals surface area contributed by atoms with Gasteiger partial charge in [-0.05, 0) is 87.4 Å². The number of halogens is 8. The van der Waals surface area contributed by atoms with Crippen LogP contribution in [0.4, 0.5) is 35.1 Å². The predicted octanol–water partition coefficient (Wildman–Crippen LogP) is 7.92. The smallest absolute Gasteiger partial charge is 0.419 e. The molecule has 1 amide bonds. The van der Waals surface area contributed by atoms with Crippen LogP contribution in [-0.4, -0.2) is 46.1 Å². The molecule has 3 aromatic rings. The van der Waals surface area contributed by atoms with Crippen LogP contribution in [0.2, 0.25) is 0 Å². The highest BCUT2D eigenvalue weighted by atomic mass is 19.4. The van der Waals surface area contributed by atoms with E-state index >= 15 is 8.78 Å². The van der Waals surface area contributed by atoms with Gasteiger partial charge >= 0.3 is 18.3 Å². The van der Waals surface area contributed by atoms with Gasteiger partial charge in [-0.2, -0.15) is 26.3 Å². The first-order valence-corrected chi connectivity index (χ1v) is 16.3. The maximum Gasteiger partial charge on any atom is 0.419 e. The van der Waals surface area contributed by atoms with Gasteiger partial charge in [0.15, 0.2) is 0 Å². The van der Waals surface area contributed by atoms with Gasteiger partial charge in [-0.25, -0.2) is 8.78 Å². The number of alkyl halides is 6. The first-order valence-electron chi connectivity index (χ1n) is 16.3. The molecule has 0 spiro atoms. The highest BCUT2D eigenvalue weighted by Gasteiger charge is 2.41. The molecule has 7 nitrogen and oxygen atoms in total. The van der Waals surface area contributed by atoms with Gasteiger partial charge in [0, 0.05) is 29.9 Å². The number of carbonyl (C=O) groups excluding carboxylic acids is 1. The molecule has 0 aliphatic carbocycles. The van der Waals surface area contributed by atoms with Gasteiger partial charge in [0.05, 0.1) is 23.6 Å². The van der Waals surface area contributed by atoms with Crippen molar-refractivity contribution < 1.29 is 49.8 Å². The molecular weight excluding hydrogens is 690 g/mol. The number of aliphatic carboxylic acids is 1. The Labute approximate surface area is 289 Å². The molecule has 2 aromatic carbocycles. The van der Waals surface area contributed by atoms with Crippen LogP contribution in [0.1, 0.15) is 84.1 Å². The standard InChI is InChI=1S/C36H39F8N3O4/c1-18(2)11-27(47-17-22(7-10-46-8-6-9-46)24(15-28(47)48)35(39,40)41)34(51)45-26(16-29(49)50)31-32(37)23(14-25(33(31)38)36(42,43)44)30-20(4)12-19(3)13-21(30)5/h12-15,17-18,26-27H,6-11,16H2,1-5H3,(H,45,51)(H,49,50)/t26-,27-/m0/s1. The van der Waals surface area contributed by atoms with Crippen molar-refractivity contribution in [2.24, 2.45) is 5.92 Å². The zero-order chi connectivity index (χ0) is 38.2. The number of likely N-dealkylation sites (tertiary alicyclic amines) is 1. The zero-order valence-corrected chi connectivity index (χ0v) is 28.7. The van der Waals surface area contributed by atoms with Crippen LogP contribution in [0.3, 0.4) is 0 Å². The van der Waals surface area contributed by atoms with Gasteiger partial charge in [-0.3, -0.25) is 14.4 Å². The molecule has 1 aromatic heterocycles. The Kier molecular flexibility index (Phi) is 11.7. The number of benzene rings is 2. The van der Waals surface area contributed by atoms with E-state index in [1.54, 1.807) is 32.9 Å². The Bertz CT molecular complexity index is 1840. The summed E-state index contributed by atoms with van der Waals surface area (Å²) >= 11 is 0. The summed E-state index contributed by atoms with van der Waals surface area (Å²) in [5.74, 6) is -7.05. The molecule has 2 heterocycles. The molecule has 51 heavy (non-hydrogen) atoms. The fraction of sp³-hybridized carbons (Fsp3) is 0.472. The molecule has 0 unspecified atom stereocenters. The number of rotatable bonds is 12. The number of aryl methyl sites for hydroxylation is 3. The van der Waals surface area contributed by atoms with Gasteiger partial charge in [0.2, 0.25) is 5.91 Å². The van der Waals surface area contributed by atoms with E-state index in [2.05, 4.69) is 5.32 Å². The van der Waals surface area contributed by atoms with Gasteiger partial charge in [0.25, 0.3) is 5.56 Å². The molecule has 1 fully saturated rings. The Morgan fingerprint density at radius 3 is 1.98 bits per heavy atom. The highest BCUT2D eigenvalue weighted by Crippen LogP contribution is 2.42. The van der Waals surface area contributed by atoms with E-state index in [9.17, 15) is 45.8 Å². The van der Waals surface area contributed by atoms with Gasteiger partial charge in [0.1, 0.15) is 17.7 Å². The number of carbonyl (C=O) groups is 2. The SMILES string of the molecule is Cc1cc(C)c(-c2cc(C(F)(F)F)c(F)c([C@H](CC(=O)O)NC(=O)[C@H](CC(C)C)n3cc(CCN4CCC4)c(C(F)(F)F)cc3=O)c2F)c(C)c1. The Balaban J connectivity index is 1.88. The van der Waals surface area contributed by atoms with E-state index in [-0.39, 0.29) is 30.5 Å². The Morgan fingerprint density at radius 2 is 1.49 bits per heavy atom. The summed E-state index contributed by atoms with van der Waals surface area (Å²) in [5.41, 5.74) is -5.25. The predicted molar refractivity (Wildman–Crippen MR) is 173 cm³/mol. The van der Waals surface area contributed by atoms with Crippen LogP contribution in [0.25, 0.3) is 11.1 Å². The van der Waals surface area contributed by atoms with Gasteiger partial charge in [-0.1, -0.05) is 31.5 Å². The van der Waals surface area contributed by atoms with E-state index < -0.39 is 88.1 Å². The van der Waals surface area contributed by atoms with Crippen LogP contribution < -0.4 is 10.9 Å². The molecule has 1 saturated heterocycles. The summed E-state index contributed by atoms with van der Waals surface area (Å²) in [6, 6.07) is -0.0608. The third-order valence-electron chi connectivity index (χ3n) is 8.98. The minimum Gasteiger partial charge on any atom is -0.481 e. The van der Waals surface area contributed by atoms with Gasteiger partial charge in [-0.15, -0.1) is 0 Å². The first-order chi connectivity index (χ1) is 23.6. The van der Waals surface area contributed by atoms with Crippen molar-refractivity contribution in [3.63, 3.8) is 0 Å². The van der Waals surface area contributed by atoms with Crippen molar-refractivity contribution in [1.82, 2.24) is 14.8 Å². The van der Waals surface area contributed by atoms with Crippen molar-refractivity contribution in [3.8, 4) is 11.1 Å². The quantitative estimate of drug-likeness (QED) is 0.185. The number of nitrogens with zero attached hydrogens (tertiary/aromatic N) is 2. The highest BCUT2D eigenvalue weighted by molar-refractivity contribution is 5.82. The van der Waals surface area contributed by atoms with Crippen LogP contribution >= 0.6 is 0 Å². The lowest BCUT2D eigenvalue weighted by atomic mass is 9.88.